The monoisotopic (exact) mass is 406 g/mol. The van der Waals surface area contributed by atoms with E-state index in [0.29, 0.717) is 10.9 Å². The summed E-state index contributed by atoms with van der Waals surface area (Å²) in [6, 6.07) is 22.2. The molecule has 4 rings (SSSR count). The first-order valence-electron chi connectivity index (χ1n) is 8.78. The summed E-state index contributed by atoms with van der Waals surface area (Å²) >= 11 is 1.55. The average Bonchev–Trinajstić information content (AvgIpc) is 2.68. The van der Waals surface area contributed by atoms with Crippen molar-refractivity contribution in [2.24, 2.45) is 0 Å². The zero-order chi connectivity index (χ0) is 19.9. The first-order chi connectivity index (χ1) is 13.4. The molecular formula is C23H18O3S2. The summed E-state index contributed by atoms with van der Waals surface area (Å²) < 4.78 is 24.5. The summed E-state index contributed by atoms with van der Waals surface area (Å²) in [5.74, 6) is 0. The molecule has 3 nitrogen and oxygen atoms in total. The van der Waals surface area contributed by atoms with Gasteiger partial charge in [-0.3, -0.25) is 4.79 Å². The van der Waals surface area contributed by atoms with Crippen molar-refractivity contribution in [3.63, 3.8) is 0 Å². The van der Waals surface area contributed by atoms with Crippen molar-refractivity contribution < 1.29 is 8.42 Å². The molecule has 3 aromatic carbocycles. The van der Waals surface area contributed by atoms with Crippen molar-refractivity contribution in [1.29, 1.82) is 0 Å². The minimum absolute atomic E-state index is 0.00848. The van der Waals surface area contributed by atoms with Gasteiger partial charge in [0.05, 0.1) is 4.90 Å². The molecular weight excluding hydrogens is 388 g/mol. The summed E-state index contributed by atoms with van der Waals surface area (Å²) in [7, 11) is -3.27. The normalized spacial score (nSPS) is 11.6. The lowest BCUT2D eigenvalue weighted by atomic mass is 9.97. The number of sulfone groups is 1. The molecule has 0 saturated carbocycles. The summed E-state index contributed by atoms with van der Waals surface area (Å²) in [5.41, 5.74) is 3.41. The van der Waals surface area contributed by atoms with E-state index < -0.39 is 9.84 Å². The first-order valence-corrected chi connectivity index (χ1v) is 11.5. The highest BCUT2D eigenvalue weighted by Crippen LogP contribution is 2.38. The van der Waals surface area contributed by atoms with Crippen LogP contribution in [0.1, 0.15) is 5.56 Å². The van der Waals surface area contributed by atoms with Crippen LogP contribution in [0.2, 0.25) is 0 Å². The second-order valence-corrected chi connectivity index (χ2v) is 9.81. The first kappa shape index (κ1) is 18.6. The number of benzene rings is 3. The van der Waals surface area contributed by atoms with Crippen LogP contribution >= 0.6 is 11.3 Å². The van der Waals surface area contributed by atoms with E-state index in [0.717, 1.165) is 26.3 Å². The zero-order valence-electron chi connectivity index (χ0n) is 15.5. The molecule has 0 saturated heterocycles. The molecule has 28 heavy (non-hydrogen) atoms. The van der Waals surface area contributed by atoms with Crippen molar-refractivity contribution in [3.05, 3.63) is 88.6 Å². The van der Waals surface area contributed by atoms with Crippen molar-refractivity contribution >= 4 is 31.3 Å². The fourth-order valence-corrected chi connectivity index (χ4v) is 5.12. The van der Waals surface area contributed by atoms with Gasteiger partial charge in [-0.2, -0.15) is 0 Å². The van der Waals surface area contributed by atoms with Gasteiger partial charge < -0.3 is 0 Å². The Morgan fingerprint density at radius 2 is 1.46 bits per heavy atom. The maximum absolute atomic E-state index is 13.4. The Labute approximate surface area is 167 Å². The summed E-state index contributed by atoms with van der Waals surface area (Å²) in [5, 5.41) is 0.697. The molecule has 0 amide bonds. The molecule has 0 fully saturated rings. The van der Waals surface area contributed by atoms with Crippen LogP contribution in [-0.2, 0) is 9.84 Å². The van der Waals surface area contributed by atoms with E-state index in [1.165, 1.54) is 6.26 Å². The van der Waals surface area contributed by atoms with Crippen molar-refractivity contribution in [2.45, 2.75) is 11.8 Å². The van der Waals surface area contributed by atoms with Crippen LogP contribution in [0, 0.1) is 6.92 Å². The van der Waals surface area contributed by atoms with Crippen LogP contribution in [0.5, 0.6) is 0 Å². The fraction of sp³-hybridized carbons (Fsp3) is 0.0870. The predicted molar refractivity (Wildman–Crippen MR) is 117 cm³/mol. The lowest BCUT2D eigenvalue weighted by Crippen LogP contribution is -2.07. The van der Waals surface area contributed by atoms with E-state index in [-0.39, 0.29) is 10.3 Å². The maximum atomic E-state index is 13.4. The number of aryl methyl sites for hydroxylation is 1. The zero-order valence-corrected chi connectivity index (χ0v) is 17.1. The Morgan fingerprint density at radius 3 is 2.14 bits per heavy atom. The minimum atomic E-state index is -3.27. The summed E-state index contributed by atoms with van der Waals surface area (Å²) in [6.45, 7) is 1.99. The van der Waals surface area contributed by atoms with E-state index in [9.17, 15) is 13.2 Å². The van der Waals surface area contributed by atoms with Gasteiger partial charge in [-0.25, -0.2) is 8.42 Å². The second kappa shape index (κ2) is 7.00. The van der Waals surface area contributed by atoms with Gasteiger partial charge >= 0.3 is 0 Å². The van der Waals surface area contributed by atoms with E-state index in [4.69, 9.17) is 0 Å². The molecule has 0 aliphatic heterocycles. The lowest BCUT2D eigenvalue weighted by molar-refractivity contribution is 0.602. The third-order valence-electron chi connectivity index (χ3n) is 4.76. The molecule has 4 aromatic rings. The SMILES string of the molecule is Cc1ccccc1-c1c(-c2ccc(S(C)(=O)=O)cc2)sc2ccccc2c1=O. The molecule has 0 spiro atoms. The molecule has 0 atom stereocenters. The number of hydrogen-bond acceptors (Lipinski definition) is 4. The molecule has 0 radical (unpaired) electrons. The smallest absolute Gasteiger partial charge is 0.196 e. The van der Waals surface area contributed by atoms with Gasteiger partial charge in [-0.1, -0.05) is 48.5 Å². The Morgan fingerprint density at radius 1 is 0.821 bits per heavy atom. The lowest BCUT2D eigenvalue weighted by Gasteiger charge is -2.13. The summed E-state index contributed by atoms with van der Waals surface area (Å²) in [6.07, 6.45) is 1.19. The number of hydrogen-bond donors (Lipinski definition) is 0. The quantitative estimate of drug-likeness (QED) is 0.463. The number of fused-ring (bicyclic) bond motifs is 1. The molecule has 1 heterocycles. The van der Waals surface area contributed by atoms with E-state index in [2.05, 4.69) is 0 Å². The number of rotatable bonds is 3. The topological polar surface area (TPSA) is 51.2 Å². The molecule has 0 N–H and O–H groups in total. The van der Waals surface area contributed by atoms with Gasteiger partial charge in [0.25, 0.3) is 0 Å². The van der Waals surface area contributed by atoms with Gasteiger partial charge in [0.2, 0.25) is 0 Å². The Hall–Kier alpha value is -2.76. The van der Waals surface area contributed by atoms with Crippen molar-refractivity contribution in [2.75, 3.05) is 6.26 Å². The predicted octanol–water partition coefficient (Wildman–Crippen LogP) is 5.31. The fourth-order valence-electron chi connectivity index (χ4n) is 3.30. The Balaban J connectivity index is 2.06. The third kappa shape index (κ3) is 3.28. The van der Waals surface area contributed by atoms with Crippen molar-refractivity contribution in [3.8, 4) is 21.6 Å². The van der Waals surface area contributed by atoms with Gasteiger partial charge in [0, 0.05) is 26.8 Å². The molecule has 5 heteroatoms. The van der Waals surface area contributed by atoms with Crippen LogP contribution in [0.25, 0.3) is 31.7 Å². The molecule has 1 aromatic heterocycles. The average molecular weight is 407 g/mol. The van der Waals surface area contributed by atoms with Gasteiger partial charge in [0.1, 0.15) is 0 Å². The molecule has 0 aliphatic carbocycles. The molecule has 0 aliphatic rings. The molecule has 0 unspecified atom stereocenters. The largest absolute Gasteiger partial charge is 0.288 e. The van der Waals surface area contributed by atoms with Crippen LogP contribution in [0.15, 0.2) is 82.5 Å². The standard InChI is InChI=1S/C23H18O3S2/c1-15-7-3-4-8-18(15)21-22(24)19-9-5-6-10-20(19)27-23(21)16-11-13-17(14-12-16)28(2,25)26/h3-14H,1-2H3. The highest BCUT2D eigenvalue weighted by atomic mass is 32.2. The minimum Gasteiger partial charge on any atom is -0.288 e. The molecule has 0 bridgehead atoms. The van der Waals surface area contributed by atoms with Gasteiger partial charge in [-0.05, 0) is 47.9 Å². The van der Waals surface area contributed by atoms with E-state index in [1.54, 1.807) is 35.6 Å². The van der Waals surface area contributed by atoms with Gasteiger partial charge in [-0.15, -0.1) is 11.3 Å². The van der Waals surface area contributed by atoms with Crippen molar-refractivity contribution in [1.82, 2.24) is 0 Å². The van der Waals surface area contributed by atoms with Crippen LogP contribution in [0.4, 0.5) is 0 Å². The molecule has 140 valence electrons. The highest BCUT2D eigenvalue weighted by Gasteiger charge is 2.18. The summed E-state index contributed by atoms with van der Waals surface area (Å²) in [4.78, 5) is 14.5. The third-order valence-corrected chi connectivity index (χ3v) is 7.11. The van der Waals surface area contributed by atoms with Crippen LogP contribution in [0.3, 0.4) is 0 Å². The highest BCUT2D eigenvalue weighted by molar-refractivity contribution is 7.90. The Bertz CT molecular complexity index is 1350. The second-order valence-electron chi connectivity index (χ2n) is 6.74. The van der Waals surface area contributed by atoms with Crippen LogP contribution < -0.4 is 5.43 Å². The van der Waals surface area contributed by atoms with E-state index in [1.807, 2.05) is 55.5 Å². The van der Waals surface area contributed by atoms with E-state index >= 15 is 0 Å². The van der Waals surface area contributed by atoms with Gasteiger partial charge in [0.15, 0.2) is 15.3 Å². The maximum Gasteiger partial charge on any atom is 0.196 e. The Kier molecular flexibility index (Phi) is 4.65. The van der Waals surface area contributed by atoms with Crippen LogP contribution in [-0.4, -0.2) is 14.7 Å².